The fraction of sp³-hybridized carbons (Fsp3) is 0.600. The van der Waals surface area contributed by atoms with Gasteiger partial charge in [-0.3, -0.25) is 4.90 Å². The average Bonchev–Trinajstić information content (AvgIpc) is 2.41. The van der Waals surface area contributed by atoms with Gasteiger partial charge in [0.05, 0.1) is 0 Å². The number of benzene rings is 1. The first-order valence-electron chi connectivity index (χ1n) is 6.93. The van der Waals surface area contributed by atoms with Crippen molar-refractivity contribution in [2.75, 3.05) is 13.1 Å². The Morgan fingerprint density at radius 3 is 2.25 bits per heavy atom. The largest absolute Gasteiger partial charge is 0.328 e. The molecule has 2 N–H and O–H groups in total. The van der Waals surface area contributed by atoms with Crippen molar-refractivity contribution in [2.45, 2.75) is 38.8 Å². The molecule has 0 amide bonds. The van der Waals surface area contributed by atoms with Gasteiger partial charge in [-0.2, -0.15) is 0 Å². The van der Waals surface area contributed by atoms with Crippen LogP contribution in [0, 0.1) is 17.6 Å². The predicted molar refractivity (Wildman–Crippen MR) is 80.0 cm³/mol. The van der Waals surface area contributed by atoms with E-state index in [4.69, 9.17) is 5.73 Å². The number of nitrogens with two attached hydrogens (primary N) is 1. The van der Waals surface area contributed by atoms with Crippen LogP contribution in [0.3, 0.4) is 0 Å². The molecule has 0 saturated carbocycles. The van der Waals surface area contributed by atoms with Gasteiger partial charge in [0.1, 0.15) is 0 Å². The molecule has 1 heterocycles. The van der Waals surface area contributed by atoms with Gasteiger partial charge in [0.15, 0.2) is 11.6 Å². The number of halogens is 3. The van der Waals surface area contributed by atoms with Crippen LogP contribution in [0.2, 0.25) is 0 Å². The molecule has 5 heteroatoms. The normalized spacial score (nSPS) is 20.2. The third-order valence-corrected chi connectivity index (χ3v) is 4.29. The fourth-order valence-corrected chi connectivity index (χ4v) is 2.82. The molecular formula is C15H23ClF2N2. The second-order valence-corrected chi connectivity index (χ2v) is 5.58. The van der Waals surface area contributed by atoms with Crippen LogP contribution in [0.4, 0.5) is 8.78 Å². The fourth-order valence-electron chi connectivity index (χ4n) is 2.82. The highest BCUT2D eigenvalue weighted by molar-refractivity contribution is 5.85. The summed E-state index contributed by atoms with van der Waals surface area (Å²) < 4.78 is 26.2. The number of hydrogen-bond acceptors (Lipinski definition) is 2. The molecule has 1 aliphatic rings. The van der Waals surface area contributed by atoms with Crippen LogP contribution >= 0.6 is 12.4 Å². The van der Waals surface area contributed by atoms with Gasteiger partial charge in [-0.25, -0.2) is 8.78 Å². The highest BCUT2D eigenvalue weighted by atomic mass is 35.5. The van der Waals surface area contributed by atoms with E-state index < -0.39 is 11.6 Å². The van der Waals surface area contributed by atoms with E-state index in [1.54, 1.807) is 6.07 Å². The maximum absolute atomic E-state index is 13.3. The number of piperidine rings is 1. The van der Waals surface area contributed by atoms with Crippen molar-refractivity contribution in [2.24, 2.45) is 11.7 Å². The van der Waals surface area contributed by atoms with Crippen LogP contribution in [0.1, 0.15) is 38.3 Å². The second-order valence-electron chi connectivity index (χ2n) is 5.58. The molecule has 2 nitrogen and oxygen atoms in total. The molecule has 20 heavy (non-hydrogen) atoms. The predicted octanol–water partition coefficient (Wildman–Crippen LogP) is 3.51. The Bertz CT molecular complexity index is 432. The van der Waals surface area contributed by atoms with Gasteiger partial charge in [-0.05, 0) is 63.4 Å². The van der Waals surface area contributed by atoms with Crippen LogP contribution in [0.5, 0.6) is 0 Å². The minimum Gasteiger partial charge on any atom is -0.328 e. The molecule has 1 aliphatic heterocycles. The molecule has 1 fully saturated rings. The van der Waals surface area contributed by atoms with Crippen LogP contribution in [-0.2, 0) is 0 Å². The van der Waals surface area contributed by atoms with E-state index in [2.05, 4.69) is 11.8 Å². The topological polar surface area (TPSA) is 29.3 Å². The molecule has 0 aliphatic carbocycles. The third-order valence-electron chi connectivity index (χ3n) is 4.29. The van der Waals surface area contributed by atoms with Crippen LogP contribution in [-0.4, -0.2) is 24.0 Å². The smallest absolute Gasteiger partial charge is 0.159 e. The minimum atomic E-state index is -0.786. The summed E-state index contributed by atoms with van der Waals surface area (Å²) in [5.74, 6) is -0.977. The third kappa shape index (κ3) is 3.90. The molecule has 2 atom stereocenters. The summed E-state index contributed by atoms with van der Waals surface area (Å²) >= 11 is 0. The number of hydrogen-bond donors (Lipinski definition) is 1. The molecule has 0 spiro atoms. The van der Waals surface area contributed by atoms with Crippen molar-refractivity contribution < 1.29 is 8.78 Å². The summed E-state index contributed by atoms with van der Waals surface area (Å²) in [5, 5.41) is 0. The highest BCUT2D eigenvalue weighted by Gasteiger charge is 2.25. The molecule has 0 aromatic heterocycles. The Morgan fingerprint density at radius 1 is 1.15 bits per heavy atom. The Morgan fingerprint density at radius 2 is 1.75 bits per heavy atom. The molecule has 1 aromatic rings. The maximum Gasteiger partial charge on any atom is 0.159 e. The van der Waals surface area contributed by atoms with Crippen molar-refractivity contribution in [3.8, 4) is 0 Å². The van der Waals surface area contributed by atoms with Crippen LogP contribution in [0.25, 0.3) is 0 Å². The quantitative estimate of drug-likeness (QED) is 0.926. The Balaban J connectivity index is 0.00000200. The van der Waals surface area contributed by atoms with Crippen molar-refractivity contribution in [3.63, 3.8) is 0 Å². The first-order chi connectivity index (χ1) is 8.99. The lowest BCUT2D eigenvalue weighted by Gasteiger charge is -2.37. The summed E-state index contributed by atoms with van der Waals surface area (Å²) in [4.78, 5) is 2.31. The molecule has 0 bridgehead atoms. The van der Waals surface area contributed by atoms with E-state index in [9.17, 15) is 8.78 Å². The van der Waals surface area contributed by atoms with Crippen LogP contribution < -0.4 is 5.73 Å². The minimum absolute atomic E-state index is 0. The first-order valence-corrected chi connectivity index (χ1v) is 6.93. The summed E-state index contributed by atoms with van der Waals surface area (Å²) in [6, 6.07) is 4.53. The molecule has 2 unspecified atom stereocenters. The SMILES string of the molecule is CC(N)C1CCN(C(C)c2ccc(F)c(F)c2)CC1.Cl. The van der Waals surface area contributed by atoms with E-state index in [1.165, 1.54) is 12.1 Å². The molecule has 2 rings (SSSR count). The van der Waals surface area contributed by atoms with Crippen molar-refractivity contribution in [1.82, 2.24) is 4.90 Å². The van der Waals surface area contributed by atoms with E-state index in [0.29, 0.717) is 5.92 Å². The second kappa shape index (κ2) is 7.34. The van der Waals surface area contributed by atoms with Gasteiger partial charge in [0.25, 0.3) is 0 Å². The lowest BCUT2D eigenvalue weighted by atomic mass is 9.90. The van der Waals surface area contributed by atoms with Gasteiger partial charge in [0, 0.05) is 12.1 Å². The summed E-state index contributed by atoms with van der Waals surface area (Å²) in [5.41, 5.74) is 6.76. The first kappa shape index (κ1) is 17.3. The van der Waals surface area contributed by atoms with Gasteiger partial charge >= 0.3 is 0 Å². The molecule has 114 valence electrons. The lowest BCUT2D eigenvalue weighted by molar-refractivity contribution is 0.132. The Kier molecular flexibility index (Phi) is 6.37. The van der Waals surface area contributed by atoms with Crippen molar-refractivity contribution in [1.29, 1.82) is 0 Å². The zero-order valence-electron chi connectivity index (χ0n) is 12.0. The zero-order chi connectivity index (χ0) is 14.0. The summed E-state index contributed by atoms with van der Waals surface area (Å²) in [6.45, 7) is 6.02. The van der Waals surface area contributed by atoms with Crippen LogP contribution in [0.15, 0.2) is 18.2 Å². The monoisotopic (exact) mass is 304 g/mol. The Labute approximate surface area is 125 Å². The van der Waals surface area contributed by atoms with Crippen molar-refractivity contribution in [3.05, 3.63) is 35.4 Å². The highest BCUT2D eigenvalue weighted by Crippen LogP contribution is 2.28. The Hall–Kier alpha value is -0.710. The van der Waals surface area contributed by atoms with Gasteiger partial charge in [0.2, 0.25) is 0 Å². The molecular weight excluding hydrogens is 282 g/mol. The number of likely N-dealkylation sites (tertiary alicyclic amines) is 1. The maximum atomic E-state index is 13.3. The molecule has 0 radical (unpaired) electrons. The molecule has 1 saturated heterocycles. The summed E-state index contributed by atoms with van der Waals surface area (Å²) in [7, 11) is 0. The number of rotatable bonds is 3. The summed E-state index contributed by atoms with van der Waals surface area (Å²) in [6.07, 6.45) is 2.15. The average molecular weight is 305 g/mol. The lowest BCUT2D eigenvalue weighted by Crippen LogP contribution is -2.40. The zero-order valence-corrected chi connectivity index (χ0v) is 12.8. The van der Waals surface area contributed by atoms with E-state index in [-0.39, 0.29) is 24.5 Å². The van der Waals surface area contributed by atoms with Gasteiger partial charge < -0.3 is 5.73 Å². The van der Waals surface area contributed by atoms with Gasteiger partial charge in [-0.1, -0.05) is 6.07 Å². The van der Waals surface area contributed by atoms with E-state index in [0.717, 1.165) is 31.5 Å². The van der Waals surface area contributed by atoms with Gasteiger partial charge in [-0.15, -0.1) is 12.4 Å². The van der Waals surface area contributed by atoms with E-state index in [1.807, 2.05) is 6.92 Å². The standard InChI is InChI=1S/C15H22F2N2.ClH/c1-10(18)12-5-7-19(8-6-12)11(2)13-3-4-14(16)15(17)9-13;/h3-4,9-12H,5-8,18H2,1-2H3;1H. The van der Waals surface area contributed by atoms with E-state index >= 15 is 0 Å². The molecule has 1 aromatic carbocycles. The number of nitrogens with zero attached hydrogens (tertiary/aromatic N) is 1. The van der Waals surface area contributed by atoms with Crippen molar-refractivity contribution >= 4 is 12.4 Å².